The Kier molecular flexibility index (Phi) is 3.22. The first kappa shape index (κ1) is 12.1. The molecule has 0 aliphatic heterocycles. The second kappa shape index (κ2) is 4.51. The molecule has 4 heteroatoms. The van der Waals surface area contributed by atoms with Crippen molar-refractivity contribution in [1.29, 1.82) is 0 Å². The van der Waals surface area contributed by atoms with E-state index in [9.17, 15) is 4.79 Å². The topological polar surface area (TPSA) is 46.9 Å². The Bertz CT molecular complexity index is 450. The van der Waals surface area contributed by atoms with Gasteiger partial charge in [0.2, 0.25) is 0 Å². The molecule has 1 heterocycles. The van der Waals surface area contributed by atoms with Gasteiger partial charge in [-0.15, -0.1) is 0 Å². The molecule has 1 atom stereocenters. The zero-order valence-corrected chi connectivity index (χ0v) is 10.9. The normalized spacial score (nSPS) is 23.4. The summed E-state index contributed by atoms with van der Waals surface area (Å²) in [4.78, 5) is 16.0. The summed E-state index contributed by atoms with van der Waals surface area (Å²) in [6, 6.07) is 0.376. The van der Waals surface area contributed by atoms with E-state index in [1.165, 1.54) is 12.8 Å². The maximum absolute atomic E-state index is 11.8. The number of hydrogen-bond acceptors (Lipinski definition) is 3. The molecule has 1 aromatic heterocycles. The van der Waals surface area contributed by atoms with Crippen LogP contribution in [0.3, 0.4) is 0 Å². The van der Waals surface area contributed by atoms with Crippen molar-refractivity contribution in [2.45, 2.75) is 45.6 Å². The minimum atomic E-state index is -0.0455. The highest BCUT2D eigenvalue weighted by atomic mass is 16.1. The minimum Gasteiger partial charge on any atom is -0.363 e. The highest BCUT2D eigenvalue weighted by Crippen LogP contribution is 2.35. The average molecular weight is 235 g/mol. The number of anilines is 1. The SMILES string of the molecule is Cn1ccnc(NC2CCCC(C)(C)C2)c1=O. The molecule has 0 amide bonds. The number of aryl methyl sites for hydroxylation is 1. The first-order valence-electron chi connectivity index (χ1n) is 6.26. The van der Waals surface area contributed by atoms with Crippen LogP contribution in [0.15, 0.2) is 17.2 Å². The first-order chi connectivity index (χ1) is 7.98. The van der Waals surface area contributed by atoms with Gasteiger partial charge in [-0.2, -0.15) is 0 Å². The second-order valence-electron chi connectivity index (χ2n) is 5.79. The van der Waals surface area contributed by atoms with Crippen LogP contribution in [0.4, 0.5) is 5.82 Å². The lowest BCUT2D eigenvalue weighted by Gasteiger charge is -2.35. The van der Waals surface area contributed by atoms with Gasteiger partial charge in [-0.05, 0) is 24.7 Å². The number of nitrogens with zero attached hydrogens (tertiary/aromatic N) is 2. The monoisotopic (exact) mass is 235 g/mol. The van der Waals surface area contributed by atoms with E-state index in [1.807, 2.05) is 0 Å². The molecule has 1 saturated carbocycles. The van der Waals surface area contributed by atoms with E-state index in [0.717, 1.165) is 12.8 Å². The van der Waals surface area contributed by atoms with Crippen LogP contribution in [-0.2, 0) is 7.05 Å². The van der Waals surface area contributed by atoms with E-state index in [-0.39, 0.29) is 5.56 Å². The van der Waals surface area contributed by atoms with Gasteiger partial charge in [0, 0.05) is 25.5 Å². The molecule has 1 fully saturated rings. The number of hydrogen-bond donors (Lipinski definition) is 1. The van der Waals surface area contributed by atoms with E-state index in [1.54, 1.807) is 24.0 Å². The van der Waals surface area contributed by atoms with E-state index in [0.29, 0.717) is 17.3 Å². The molecule has 1 aromatic rings. The van der Waals surface area contributed by atoms with Crippen molar-refractivity contribution in [3.8, 4) is 0 Å². The molecule has 0 saturated heterocycles. The minimum absolute atomic E-state index is 0.0455. The molecule has 1 N–H and O–H groups in total. The highest BCUT2D eigenvalue weighted by molar-refractivity contribution is 5.32. The second-order valence-corrected chi connectivity index (χ2v) is 5.79. The van der Waals surface area contributed by atoms with Crippen molar-refractivity contribution in [3.05, 3.63) is 22.7 Å². The van der Waals surface area contributed by atoms with Gasteiger partial charge in [0.15, 0.2) is 5.82 Å². The fraction of sp³-hybridized carbons (Fsp3) is 0.692. The largest absolute Gasteiger partial charge is 0.363 e. The Morgan fingerprint density at radius 3 is 3.00 bits per heavy atom. The van der Waals surface area contributed by atoms with Crippen LogP contribution in [0, 0.1) is 5.41 Å². The first-order valence-corrected chi connectivity index (χ1v) is 6.26. The quantitative estimate of drug-likeness (QED) is 0.854. The standard InChI is InChI=1S/C13H21N3O/c1-13(2)6-4-5-10(9-13)15-11-12(17)16(3)8-7-14-11/h7-8,10H,4-6,9H2,1-3H3,(H,14,15). The highest BCUT2D eigenvalue weighted by Gasteiger charge is 2.28. The van der Waals surface area contributed by atoms with Crippen molar-refractivity contribution < 1.29 is 0 Å². The maximum atomic E-state index is 11.8. The molecule has 4 nitrogen and oxygen atoms in total. The van der Waals surface area contributed by atoms with Gasteiger partial charge in [0.25, 0.3) is 5.56 Å². The van der Waals surface area contributed by atoms with E-state index in [2.05, 4.69) is 24.1 Å². The van der Waals surface area contributed by atoms with Gasteiger partial charge < -0.3 is 9.88 Å². The van der Waals surface area contributed by atoms with Gasteiger partial charge in [0.1, 0.15) is 0 Å². The summed E-state index contributed by atoms with van der Waals surface area (Å²) in [6.45, 7) is 4.58. The van der Waals surface area contributed by atoms with Crippen LogP contribution < -0.4 is 10.9 Å². The van der Waals surface area contributed by atoms with E-state index >= 15 is 0 Å². The summed E-state index contributed by atoms with van der Waals surface area (Å²) in [7, 11) is 1.75. The molecule has 94 valence electrons. The Hall–Kier alpha value is -1.32. The zero-order chi connectivity index (χ0) is 12.5. The Morgan fingerprint density at radius 1 is 1.53 bits per heavy atom. The van der Waals surface area contributed by atoms with Crippen LogP contribution in [0.2, 0.25) is 0 Å². The number of nitrogens with one attached hydrogen (secondary N) is 1. The van der Waals surface area contributed by atoms with Gasteiger partial charge in [-0.1, -0.05) is 20.3 Å². The molecular formula is C13H21N3O. The summed E-state index contributed by atoms with van der Waals surface area (Å²) in [5, 5.41) is 3.30. The van der Waals surface area contributed by atoms with Crippen LogP contribution >= 0.6 is 0 Å². The van der Waals surface area contributed by atoms with Crippen molar-refractivity contribution in [2.24, 2.45) is 12.5 Å². The Balaban J connectivity index is 2.11. The molecule has 17 heavy (non-hydrogen) atoms. The summed E-state index contributed by atoms with van der Waals surface area (Å²) in [6.07, 6.45) is 8.06. The summed E-state index contributed by atoms with van der Waals surface area (Å²) >= 11 is 0. The maximum Gasteiger partial charge on any atom is 0.293 e. The average Bonchev–Trinajstić information content (AvgIpc) is 2.23. The van der Waals surface area contributed by atoms with Crippen LogP contribution in [0.1, 0.15) is 39.5 Å². The Labute approximate surface area is 102 Å². The lowest BCUT2D eigenvalue weighted by atomic mass is 9.75. The van der Waals surface area contributed by atoms with E-state index in [4.69, 9.17) is 0 Å². The molecule has 0 spiro atoms. The van der Waals surface area contributed by atoms with Crippen molar-refractivity contribution >= 4 is 5.82 Å². The summed E-state index contributed by atoms with van der Waals surface area (Å²) in [5.74, 6) is 0.484. The van der Waals surface area contributed by atoms with Crippen LogP contribution in [0.5, 0.6) is 0 Å². The molecule has 1 aliphatic carbocycles. The van der Waals surface area contributed by atoms with Crippen molar-refractivity contribution in [1.82, 2.24) is 9.55 Å². The molecule has 0 aromatic carbocycles. The smallest absolute Gasteiger partial charge is 0.293 e. The molecular weight excluding hydrogens is 214 g/mol. The third kappa shape index (κ3) is 2.87. The van der Waals surface area contributed by atoms with Crippen molar-refractivity contribution in [3.63, 3.8) is 0 Å². The predicted molar refractivity (Wildman–Crippen MR) is 69.1 cm³/mol. The van der Waals surface area contributed by atoms with Gasteiger partial charge in [-0.25, -0.2) is 4.98 Å². The summed E-state index contributed by atoms with van der Waals surface area (Å²) < 4.78 is 1.56. The summed E-state index contributed by atoms with van der Waals surface area (Å²) in [5.41, 5.74) is 0.325. The van der Waals surface area contributed by atoms with Crippen molar-refractivity contribution in [2.75, 3.05) is 5.32 Å². The fourth-order valence-electron chi connectivity index (χ4n) is 2.61. The number of aromatic nitrogens is 2. The lowest BCUT2D eigenvalue weighted by molar-refractivity contribution is 0.229. The van der Waals surface area contributed by atoms with Gasteiger partial charge in [0.05, 0.1) is 0 Å². The molecule has 0 bridgehead atoms. The van der Waals surface area contributed by atoms with Gasteiger partial charge >= 0.3 is 0 Å². The van der Waals surface area contributed by atoms with Crippen LogP contribution in [0.25, 0.3) is 0 Å². The van der Waals surface area contributed by atoms with Crippen LogP contribution in [-0.4, -0.2) is 15.6 Å². The number of rotatable bonds is 2. The molecule has 1 unspecified atom stereocenters. The third-order valence-electron chi connectivity index (χ3n) is 3.56. The molecule has 2 rings (SSSR count). The van der Waals surface area contributed by atoms with Gasteiger partial charge in [-0.3, -0.25) is 4.79 Å². The Morgan fingerprint density at radius 2 is 2.29 bits per heavy atom. The molecule has 0 radical (unpaired) electrons. The van der Waals surface area contributed by atoms with E-state index < -0.39 is 0 Å². The lowest BCUT2D eigenvalue weighted by Crippen LogP contribution is -2.34. The molecule has 1 aliphatic rings. The fourth-order valence-corrected chi connectivity index (χ4v) is 2.61. The predicted octanol–water partition coefficient (Wildman–Crippen LogP) is 2.16. The third-order valence-corrected chi connectivity index (χ3v) is 3.56. The zero-order valence-electron chi connectivity index (χ0n) is 10.9.